The Kier molecular flexibility index (Phi) is 4.31. The lowest BCUT2D eigenvalue weighted by Crippen LogP contribution is -2.53. The number of rotatable bonds is 4. The van der Waals surface area contributed by atoms with Crippen LogP contribution in [0, 0.1) is 11.8 Å². The number of amides is 2. The number of imide groups is 1. The summed E-state index contributed by atoms with van der Waals surface area (Å²) in [5.74, 6) is -4.84. The Bertz CT molecular complexity index is 1010. The first-order valence-electron chi connectivity index (χ1n) is 9.16. The van der Waals surface area contributed by atoms with Crippen molar-refractivity contribution >= 4 is 17.8 Å². The van der Waals surface area contributed by atoms with E-state index >= 15 is 0 Å². The van der Waals surface area contributed by atoms with E-state index in [2.05, 4.69) is 5.32 Å². The molecule has 2 aliphatic rings. The highest BCUT2D eigenvalue weighted by molar-refractivity contribution is 6.09. The van der Waals surface area contributed by atoms with Crippen LogP contribution in [0.3, 0.4) is 0 Å². The Morgan fingerprint density at radius 3 is 2.41 bits per heavy atom. The van der Waals surface area contributed by atoms with Crippen LogP contribution in [0.4, 0.5) is 0 Å². The molecule has 4 rings (SSSR count). The predicted octanol–water partition coefficient (Wildman–Crippen LogP) is 1.39. The lowest BCUT2D eigenvalue weighted by Gasteiger charge is -2.27. The zero-order chi connectivity index (χ0) is 20.9. The lowest BCUT2D eigenvalue weighted by molar-refractivity contribution is -0.150. The third-order valence-electron chi connectivity index (χ3n) is 5.86. The minimum absolute atomic E-state index is 0.0511. The van der Waals surface area contributed by atoms with Gasteiger partial charge in [0.2, 0.25) is 11.8 Å². The van der Waals surface area contributed by atoms with E-state index in [9.17, 15) is 29.7 Å². The summed E-state index contributed by atoms with van der Waals surface area (Å²) in [5, 5.41) is 32.5. The highest BCUT2D eigenvalue weighted by atomic mass is 16.4. The molecule has 0 bridgehead atoms. The van der Waals surface area contributed by atoms with Gasteiger partial charge >= 0.3 is 5.97 Å². The molecule has 4 N–H and O–H groups in total. The fourth-order valence-electron chi connectivity index (χ4n) is 4.38. The Morgan fingerprint density at radius 1 is 1.10 bits per heavy atom. The molecule has 2 heterocycles. The van der Waals surface area contributed by atoms with Gasteiger partial charge in [-0.2, -0.15) is 0 Å². The Labute approximate surface area is 166 Å². The Hall–Kier alpha value is -3.39. The Morgan fingerprint density at radius 2 is 1.79 bits per heavy atom. The molecule has 0 radical (unpaired) electrons. The van der Waals surface area contributed by atoms with Crippen molar-refractivity contribution in [3.05, 3.63) is 59.7 Å². The van der Waals surface area contributed by atoms with Gasteiger partial charge in [-0.25, -0.2) is 0 Å². The number of carbonyl (C=O) groups is 3. The number of aromatic hydroxyl groups is 2. The van der Waals surface area contributed by atoms with Crippen LogP contribution in [0.1, 0.15) is 24.1 Å². The number of fused-ring (bicyclic) bond motifs is 1. The Balaban J connectivity index is 1.77. The number of carbonyl (C=O) groups excluding carboxylic acids is 2. The number of carboxylic acid groups (broad SMARTS) is 1. The number of nitrogens with one attached hydrogen (secondary N) is 1. The monoisotopic (exact) mass is 396 g/mol. The molecule has 2 fully saturated rings. The van der Waals surface area contributed by atoms with Crippen molar-refractivity contribution in [2.24, 2.45) is 11.8 Å². The molecule has 2 aliphatic heterocycles. The van der Waals surface area contributed by atoms with Gasteiger partial charge in [0.25, 0.3) is 0 Å². The van der Waals surface area contributed by atoms with Gasteiger partial charge in [0, 0.05) is 17.7 Å². The van der Waals surface area contributed by atoms with E-state index in [1.165, 1.54) is 19.1 Å². The van der Waals surface area contributed by atoms with Crippen molar-refractivity contribution in [1.29, 1.82) is 0 Å². The van der Waals surface area contributed by atoms with Gasteiger partial charge in [-0.3, -0.25) is 24.6 Å². The molecule has 0 aromatic heterocycles. The van der Waals surface area contributed by atoms with E-state index in [0.717, 1.165) is 16.5 Å². The fourth-order valence-corrected chi connectivity index (χ4v) is 4.38. The summed E-state index contributed by atoms with van der Waals surface area (Å²) in [6.45, 7) is 1.43. The molecule has 2 amide bonds. The number of aliphatic carboxylic acids is 1. The molecule has 8 heteroatoms. The maximum atomic E-state index is 13.2. The standard InChI is InChI=1S/C21H20N2O6/c1-21(20(28)29)16-15(17(22-21)13-8-7-12(24)9-14(13)25)18(26)23(19(16)27)10-11-5-3-2-4-6-11/h2-9,15-17,22,24-25H,10H2,1H3,(H,28,29)/t15-,16+,17+,21-/m0/s1. The van der Waals surface area contributed by atoms with Crippen molar-refractivity contribution in [1.82, 2.24) is 10.2 Å². The molecule has 8 nitrogen and oxygen atoms in total. The van der Waals surface area contributed by atoms with E-state index in [1.807, 2.05) is 6.07 Å². The van der Waals surface area contributed by atoms with Crippen LogP contribution in [-0.2, 0) is 20.9 Å². The second kappa shape index (κ2) is 6.59. The van der Waals surface area contributed by atoms with Crippen LogP contribution in [0.25, 0.3) is 0 Å². The molecule has 29 heavy (non-hydrogen) atoms. The maximum absolute atomic E-state index is 13.2. The zero-order valence-corrected chi connectivity index (χ0v) is 15.6. The van der Waals surface area contributed by atoms with Gasteiger partial charge < -0.3 is 15.3 Å². The van der Waals surface area contributed by atoms with E-state index in [1.54, 1.807) is 24.3 Å². The van der Waals surface area contributed by atoms with Crippen molar-refractivity contribution in [2.45, 2.75) is 25.0 Å². The average molecular weight is 396 g/mol. The van der Waals surface area contributed by atoms with E-state index < -0.39 is 41.2 Å². The summed E-state index contributed by atoms with van der Waals surface area (Å²) in [4.78, 5) is 39.5. The highest BCUT2D eigenvalue weighted by Gasteiger charge is 2.66. The largest absolute Gasteiger partial charge is 0.508 e. The number of likely N-dealkylation sites (tertiary alicyclic amines) is 1. The van der Waals surface area contributed by atoms with Crippen LogP contribution < -0.4 is 5.32 Å². The number of nitrogens with zero attached hydrogens (tertiary/aromatic N) is 1. The summed E-state index contributed by atoms with van der Waals surface area (Å²) >= 11 is 0. The van der Waals surface area contributed by atoms with Crippen LogP contribution >= 0.6 is 0 Å². The van der Waals surface area contributed by atoms with E-state index in [0.29, 0.717) is 0 Å². The normalized spacial score (nSPS) is 28.6. The number of phenolic OH excluding ortho intramolecular Hbond substituents is 2. The van der Waals surface area contributed by atoms with E-state index in [4.69, 9.17) is 0 Å². The first kappa shape index (κ1) is 18.9. The summed E-state index contributed by atoms with van der Waals surface area (Å²) in [6.07, 6.45) is 0. The summed E-state index contributed by atoms with van der Waals surface area (Å²) < 4.78 is 0. The third kappa shape index (κ3) is 2.84. The number of benzene rings is 2. The first-order chi connectivity index (χ1) is 13.7. The summed E-state index contributed by atoms with van der Waals surface area (Å²) in [7, 11) is 0. The molecule has 150 valence electrons. The van der Waals surface area contributed by atoms with Gasteiger partial charge in [-0.15, -0.1) is 0 Å². The van der Waals surface area contributed by atoms with Gasteiger partial charge in [0.1, 0.15) is 17.0 Å². The van der Waals surface area contributed by atoms with Gasteiger partial charge in [0.15, 0.2) is 0 Å². The second-order valence-corrected chi connectivity index (χ2v) is 7.62. The van der Waals surface area contributed by atoms with Crippen molar-refractivity contribution < 1.29 is 29.7 Å². The van der Waals surface area contributed by atoms with Crippen LogP contribution in [0.2, 0.25) is 0 Å². The number of phenols is 2. The molecule has 2 aromatic carbocycles. The molecular formula is C21H20N2O6. The molecule has 0 spiro atoms. The van der Waals surface area contributed by atoms with Crippen LogP contribution in [0.5, 0.6) is 11.5 Å². The lowest BCUT2D eigenvalue weighted by atomic mass is 9.80. The fraction of sp³-hybridized carbons (Fsp3) is 0.286. The van der Waals surface area contributed by atoms with E-state index in [-0.39, 0.29) is 23.6 Å². The SMILES string of the molecule is C[C@]1(C(=O)O)N[C@H](c2ccc(O)cc2O)[C@H]2C(=O)N(Cc3ccccc3)C(=O)[C@@H]21. The highest BCUT2D eigenvalue weighted by Crippen LogP contribution is 2.50. The number of hydrogen-bond acceptors (Lipinski definition) is 6. The average Bonchev–Trinajstić information content (AvgIpc) is 3.12. The molecule has 0 saturated carbocycles. The van der Waals surface area contributed by atoms with Crippen LogP contribution in [-0.4, -0.2) is 43.5 Å². The first-order valence-corrected chi connectivity index (χ1v) is 9.16. The number of carboxylic acids is 1. The third-order valence-corrected chi connectivity index (χ3v) is 5.86. The zero-order valence-electron chi connectivity index (χ0n) is 15.6. The summed E-state index contributed by atoms with van der Waals surface area (Å²) in [6, 6.07) is 12.0. The molecule has 2 saturated heterocycles. The molecule has 2 aromatic rings. The second-order valence-electron chi connectivity index (χ2n) is 7.62. The van der Waals surface area contributed by atoms with Gasteiger partial charge in [0.05, 0.1) is 18.4 Å². The van der Waals surface area contributed by atoms with Gasteiger partial charge in [-0.05, 0) is 18.6 Å². The van der Waals surface area contributed by atoms with Crippen molar-refractivity contribution in [3.8, 4) is 11.5 Å². The number of hydrogen-bond donors (Lipinski definition) is 4. The minimum atomic E-state index is -1.68. The van der Waals surface area contributed by atoms with Crippen LogP contribution in [0.15, 0.2) is 48.5 Å². The quantitative estimate of drug-likeness (QED) is 0.575. The van der Waals surface area contributed by atoms with Crippen molar-refractivity contribution in [2.75, 3.05) is 0 Å². The van der Waals surface area contributed by atoms with Gasteiger partial charge in [-0.1, -0.05) is 36.4 Å². The van der Waals surface area contributed by atoms with Crippen molar-refractivity contribution in [3.63, 3.8) is 0 Å². The maximum Gasteiger partial charge on any atom is 0.324 e. The predicted molar refractivity (Wildman–Crippen MR) is 101 cm³/mol. The molecule has 0 unspecified atom stereocenters. The molecule has 4 atom stereocenters. The minimum Gasteiger partial charge on any atom is -0.508 e. The smallest absolute Gasteiger partial charge is 0.324 e. The molecular weight excluding hydrogens is 376 g/mol. The molecule has 0 aliphatic carbocycles. The topological polar surface area (TPSA) is 127 Å². The summed E-state index contributed by atoms with van der Waals surface area (Å²) in [5.41, 5.74) is -0.675.